The van der Waals surface area contributed by atoms with Gasteiger partial charge in [-0.3, -0.25) is 20.2 Å². The molecule has 0 aliphatic rings. The third-order valence-electron chi connectivity index (χ3n) is 6.66. The summed E-state index contributed by atoms with van der Waals surface area (Å²) in [7, 11) is -11.8. The van der Waals surface area contributed by atoms with Crippen LogP contribution in [-0.2, 0) is 43.2 Å². The average molecular weight is 838 g/mol. The molecule has 0 aliphatic heterocycles. The second kappa shape index (κ2) is 20.1. The van der Waals surface area contributed by atoms with Crippen molar-refractivity contribution in [2.45, 2.75) is 27.8 Å². The zero-order valence-electron chi connectivity index (χ0n) is 28.4. The van der Waals surface area contributed by atoms with Crippen LogP contribution in [0.25, 0.3) is 0 Å². The summed E-state index contributed by atoms with van der Waals surface area (Å²) >= 11 is 5.50. The predicted octanol–water partition coefficient (Wildman–Crippen LogP) is 3.39. The molecule has 55 heavy (non-hydrogen) atoms. The highest BCUT2D eigenvalue weighted by atomic mass is 35.5. The highest BCUT2D eigenvalue weighted by molar-refractivity contribution is 7.89. The number of nitro benzene ring substituents is 2. The third kappa shape index (κ3) is 15.3. The Balaban J connectivity index is 0.000000268. The van der Waals surface area contributed by atoms with E-state index < -0.39 is 44.8 Å². The summed E-state index contributed by atoms with van der Waals surface area (Å²) in [5.41, 5.74) is 18.1. The molecule has 0 spiro atoms. The maximum atomic E-state index is 11.6. The Morgan fingerprint density at radius 1 is 0.582 bits per heavy atom. The lowest BCUT2D eigenvalue weighted by Crippen LogP contribution is -2.15. The molecule has 0 bridgehead atoms. The van der Waals surface area contributed by atoms with E-state index >= 15 is 0 Å². The lowest BCUT2D eigenvalue weighted by Gasteiger charge is -2.10. The molecular weight excluding hydrogens is 802 g/mol. The highest BCUT2D eigenvalue weighted by Gasteiger charge is 2.19. The molecule has 0 fully saturated rings. The number of hydrogen-bond donors (Lipinski definition) is 7. The number of nitro groups is 2. The minimum absolute atomic E-state index is 0.103. The van der Waals surface area contributed by atoms with Crippen LogP contribution in [0.5, 0.6) is 0 Å². The predicted molar refractivity (Wildman–Crippen MR) is 209 cm³/mol. The van der Waals surface area contributed by atoms with Crippen molar-refractivity contribution in [3.8, 4) is 0 Å². The normalized spacial score (nSPS) is 10.9. The fraction of sp³-hybridized carbons (Fsp3) is 0.0625. The van der Waals surface area contributed by atoms with Gasteiger partial charge in [0.25, 0.3) is 11.4 Å². The van der Waals surface area contributed by atoms with Gasteiger partial charge in [0.15, 0.2) is 0 Å². The van der Waals surface area contributed by atoms with Gasteiger partial charge in [-0.05, 0) is 41.5 Å². The highest BCUT2D eigenvalue weighted by Crippen LogP contribution is 2.27. The molecule has 0 heterocycles. The molecule has 0 atom stereocenters. The minimum Gasteiger partial charge on any atom is -0.399 e. The molecule has 0 radical (unpaired) electrons. The molecule has 294 valence electrons. The number of halogens is 1. The number of hydrogen-bond acceptors (Lipinski definition) is 14. The van der Waals surface area contributed by atoms with Gasteiger partial charge in [-0.2, -0.15) is 0 Å². The van der Waals surface area contributed by atoms with Crippen LogP contribution in [0.15, 0.2) is 130 Å². The molecule has 19 nitrogen and oxygen atoms in total. The van der Waals surface area contributed by atoms with E-state index in [-0.39, 0.29) is 37.6 Å². The van der Waals surface area contributed by atoms with Gasteiger partial charge < -0.3 is 22.5 Å². The summed E-state index contributed by atoms with van der Waals surface area (Å²) in [4.78, 5) is 18.8. The number of benzene rings is 5. The van der Waals surface area contributed by atoms with E-state index in [9.17, 15) is 45.5 Å². The van der Waals surface area contributed by atoms with Crippen LogP contribution in [-0.4, -0.2) is 35.1 Å². The van der Waals surface area contributed by atoms with Crippen molar-refractivity contribution in [2.75, 3.05) is 16.8 Å². The lowest BCUT2D eigenvalue weighted by molar-refractivity contribution is -0.385. The Morgan fingerprint density at radius 3 is 1.45 bits per heavy atom. The fourth-order valence-corrected chi connectivity index (χ4v) is 6.53. The maximum Gasteiger partial charge on any atom is 0.270 e. The van der Waals surface area contributed by atoms with Crippen molar-refractivity contribution < 1.29 is 35.1 Å². The number of nitrogens with zero attached hydrogens (tertiary/aromatic N) is 2. The smallest absolute Gasteiger partial charge is 0.270 e. The molecule has 0 unspecified atom stereocenters. The van der Waals surface area contributed by atoms with E-state index in [1.54, 1.807) is 0 Å². The second-order valence-corrected chi connectivity index (χ2v) is 15.8. The van der Waals surface area contributed by atoms with Crippen molar-refractivity contribution in [2.24, 2.45) is 21.2 Å². The van der Waals surface area contributed by atoms with Crippen LogP contribution in [0, 0.1) is 20.2 Å². The number of sulfonamides is 3. The number of nitrogens with one attached hydrogen (secondary N) is 1. The average Bonchev–Trinajstić information content (AvgIpc) is 3.12. The molecule has 5 aromatic carbocycles. The van der Waals surface area contributed by atoms with Crippen LogP contribution in [0.1, 0.15) is 11.1 Å². The molecule has 5 rings (SSSR count). The Bertz CT molecular complexity index is 2440. The lowest BCUT2D eigenvalue weighted by atomic mass is 10.2. The first-order valence-corrected chi connectivity index (χ1v) is 20.0. The number of anilines is 3. The fourth-order valence-electron chi connectivity index (χ4n) is 4.03. The SMILES string of the molecule is NCc1ccccc1.NS(=O)(=O)c1cc([N+](=O)[O-])ccc1Cl.NS(=O)(=O)c1cc([N+](=O)[O-])ccc1NCc1ccccc1.Nc1ccc(N)c(S(N)(=O)=O)c1. The topological polar surface area (TPSA) is 357 Å². The monoisotopic (exact) mass is 837 g/mol. The third-order valence-corrected chi connectivity index (χ3v) is 9.97. The largest absolute Gasteiger partial charge is 0.399 e. The van der Waals surface area contributed by atoms with Gasteiger partial charge in [-0.15, -0.1) is 0 Å². The standard InChI is InChI=1S/C13H13N3O4S.C7H9N.C6H5ClN2O4S.C6H9N3O2S/c14-21(19,20)13-8-11(16(17)18)6-7-12(13)15-9-10-4-2-1-3-5-10;8-6-7-4-2-1-3-5-7;7-5-2-1-4(9(10)11)3-6(5)14(8,12)13;7-4-1-2-5(8)6(3-4)12(9,10)11/h1-8,15H,9H2,(H2,14,19,20);1-5H,6,8H2;1-3H,(H2,8,12,13);1-3H,7-8H2,(H2,9,10,11). The molecule has 0 saturated carbocycles. The Kier molecular flexibility index (Phi) is 16.6. The first kappa shape index (κ1) is 45.4. The summed E-state index contributed by atoms with van der Waals surface area (Å²) < 4.78 is 66.6. The summed E-state index contributed by atoms with van der Waals surface area (Å²) in [6, 6.07) is 30.0. The summed E-state index contributed by atoms with van der Waals surface area (Å²) in [5.74, 6) is 0. The number of nitrogen functional groups attached to an aromatic ring is 2. The quantitative estimate of drug-likeness (QED) is 0.0636. The van der Waals surface area contributed by atoms with Gasteiger partial charge in [0.1, 0.15) is 14.7 Å². The van der Waals surface area contributed by atoms with E-state index in [2.05, 4.69) is 5.32 Å². The van der Waals surface area contributed by atoms with Gasteiger partial charge in [0, 0.05) is 43.0 Å². The molecular formula is C32H36ClN9O10S3. The number of nitrogens with two attached hydrogens (primary N) is 6. The minimum atomic E-state index is -4.06. The summed E-state index contributed by atoms with van der Waals surface area (Å²) in [6.45, 7) is 1.02. The molecule has 0 amide bonds. The molecule has 5 aromatic rings. The van der Waals surface area contributed by atoms with Crippen LogP contribution in [0.4, 0.5) is 28.4 Å². The van der Waals surface area contributed by atoms with Crippen LogP contribution in [0.2, 0.25) is 5.02 Å². The Labute approximate surface area is 321 Å². The van der Waals surface area contributed by atoms with Crippen molar-refractivity contribution >= 4 is 70.1 Å². The molecule has 0 saturated heterocycles. The zero-order valence-corrected chi connectivity index (χ0v) is 31.6. The molecule has 0 aromatic heterocycles. The van der Waals surface area contributed by atoms with E-state index in [4.69, 9.17) is 44.2 Å². The number of primary sulfonamides is 3. The van der Waals surface area contributed by atoms with Crippen molar-refractivity contribution in [1.82, 2.24) is 0 Å². The summed E-state index contributed by atoms with van der Waals surface area (Å²) in [6.07, 6.45) is 0. The van der Waals surface area contributed by atoms with Crippen LogP contribution >= 0.6 is 11.6 Å². The number of rotatable bonds is 9. The zero-order chi connectivity index (χ0) is 41.6. The van der Waals surface area contributed by atoms with Gasteiger partial charge in [0.2, 0.25) is 30.1 Å². The Morgan fingerprint density at radius 2 is 1.04 bits per heavy atom. The van der Waals surface area contributed by atoms with Crippen molar-refractivity contribution in [1.29, 1.82) is 0 Å². The first-order chi connectivity index (χ1) is 25.5. The molecule has 0 aliphatic carbocycles. The van der Waals surface area contributed by atoms with Gasteiger partial charge in [-0.25, -0.2) is 40.7 Å². The first-order valence-electron chi connectivity index (χ1n) is 15.0. The maximum absolute atomic E-state index is 11.6. The van der Waals surface area contributed by atoms with E-state index in [0.717, 1.165) is 29.8 Å². The second-order valence-electron chi connectivity index (χ2n) is 10.8. The Hall–Kier alpha value is -5.72. The molecule has 23 heteroatoms. The van der Waals surface area contributed by atoms with Gasteiger partial charge in [-0.1, -0.05) is 72.3 Å². The van der Waals surface area contributed by atoms with E-state index in [1.165, 1.54) is 35.9 Å². The number of non-ortho nitro benzene ring substituents is 2. The van der Waals surface area contributed by atoms with Gasteiger partial charge >= 0.3 is 0 Å². The summed E-state index contributed by atoms with van der Waals surface area (Å²) in [5, 5.41) is 38.6. The van der Waals surface area contributed by atoms with Crippen molar-refractivity contribution in [3.63, 3.8) is 0 Å². The van der Waals surface area contributed by atoms with E-state index in [0.29, 0.717) is 18.8 Å². The van der Waals surface area contributed by atoms with Crippen LogP contribution in [0.3, 0.4) is 0 Å². The van der Waals surface area contributed by atoms with Gasteiger partial charge in [0.05, 0.1) is 26.2 Å². The van der Waals surface area contributed by atoms with Crippen LogP contribution < -0.4 is 37.9 Å². The molecule has 13 N–H and O–H groups in total. The van der Waals surface area contributed by atoms with E-state index in [1.807, 2.05) is 60.7 Å². The van der Waals surface area contributed by atoms with Crippen molar-refractivity contribution in [3.05, 3.63) is 152 Å².